The van der Waals surface area contributed by atoms with Gasteiger partial charge in [0, 0.05) is 24.4 Å². The minimum Gasteiger partial charge on any atom is -0.348 e. The first kappa shape index (κ1) is 12.6. The summed E-state index contributed by atoms with van der Waals surface area (Å²) < 4.78 is 0. The fourth-order valence-corrected chi connectivity index (χ4v) is 2.96. The molecule has 1 aliphatic rings. The van der Waals surface area contributed by atoms with E-state index in [4.69, 9.17) is 5.26 Å². The maximum absolute atomic E-state index is 8.98. The van der Waals surface area contributed by atoms with Crippen LogP contribution in [0.5, 0.6) is 0 Å². The quantitative estimate of drug-likeness (QED) is 0.836. The highest BCUT2D eigenvalue weighted by molar-refractivity contribution is 5.49. The Balaban J connectivity index is 1.97. The summed E-state index contributed by atoms with van der Waals surface area (Å²) in [6.07, 6.45) is 3.64. The molecule has 0 amide bonds. The van der Waals surface area contributed by atoms with E-state index in [1.807, 2.05) is 36.7 Å². The Morgan fingerprint density at radius 1 is 1.25 bits per heavy atom. The van der Waals surface area contributed by atoms with Gasteiger partial charge in [-0.15, -0.1) is 0 Å². The van der Waals surface area contributed by atoms with Crippen molar-refractivity contribution in [2.45, 2.75) is 19.9 Å². The van der Waals surface area contributed by atoms with Crippen LogP contribution in [0.1, 0.15) is 31.1 Å². The van der Waals surface area contributed by atoms with Gasteiger partial charge in [-0.2, -0.15) is 5.26 Å². The summed E-state index contributed by atoms with van der Waals surface area (Å²) in [7, 11) is 0. The van der Waals surface area contributed by atoms with E-state index in [1.165, 1.54) is 5.56 Å². The van der Waals surface area contributed by atoms with Gasteiger partial charge in [0.2, 0.25) is 0 Å². The molecule has 1 atom stereocenters. The molecule has 4 nitrogen and oxygen atoms in total. The van der Waals surface area contributed by atoms with Crippen LogP contribution < -0.4 is 4.90 Å². The molecule has 1 fully saturated rings. The number of hydrogen-bond acceptors (Lipinski definition) is 4. The number of nitrogens with zero attached hydrogens (tertiary/aromatic N) is 4. The van der Waals surface area contributed by atoms with Crippen LogP contribution in [0.4, 0.5) is 5.82 Å². The van der Waals surface area contributed by atoms with Crippen molar-refractivity contribution in [1.82, 2.24) is 9.97 Å². The van der Waals surface area contributed by atoms with Gasteiger partial charge >= 0.3 is 0 Å². The third-order valence-electron chi connectivity index (χ3n) is 3.79. The second kappa shape index (κ2) is 4.61. The van der Waals surface area contributed by atoms with Crippen molar-refractivity contribution in [2.75, 3.05) is 11.4 Å². The molecule has 0 aromatic carbocycles. The SMILES string of the molecule is CC1(C)CN(c2cccc(C#N)n2)C1c1ccncc1. The summed E-state index contributed by atoms with van der Waals surface area (Å²) in [5, 5.41) is 8.98. The normalized spacial score (nSPS) is 20.1. The Bertz CT molecular complexity index is 658. The van der Waals surface area contributed by atoms with Crippen molar-refractivity contribution in [3.8, 4) is 6.07 Å². The lowest BCUT2D eigenvalue weighted by Gasteiger charge is -2.55. The molecule has 3 rings (SSSR count). The molecule has 0 spiro atoms. The molecule has 3 heterocycles. The topological polar surface area (TPSA) is 52.8 Å². The van der Waals surface area contributed by atoms with Gasteiger partial charge in [-0.25, -0.2) is 4.98 Å². The van der Waals surface area contributed by atoms with Gasteiger partial charge in [0.05, 0.1) is 6.04 Å². The van der Waals surface area contributed by atoms with E-state index in [0.717, 1.165) is 12.4 Å². The monoisotopic (exact) mass is 264 g/mol. The highest BCUT2D eigenvalue weighted by atomic mass is 15.3. The van der Waals surface area contributed by atoms with E-state index in [9.17, 15) is 0 Å². The van der Waals surface area contributed by atoms with Crippen molar-refractivity contribution >= 4 is 5.82 Å². The first-order valence-electron chi connectivity index (χ1n) is 6.65. The predicted octanol–water partition coefficient (Wildman–Crippen LogP) is 2.94. The highest BCUT2D eigenvalue weighted by Gasteiger charge is 2.47. The number of pyridine rings is 2. The Hall–Kier alpha value is -2.41. The molecule has 0 saturated carbocycles. The fraction of sp³-hybridized carbons (Fsp3) is 0.312. The summed E-state index contributed by atoms with van der Waals surface area (Å²) >= 11 is 0. The molecule has 1 aliphatic heterocycles. The summed E-state index contributed by atoms with van der Waals surface area (Å²) in [6, 6.07) is 12.0. The van der Waals surface area contributed by atoms with E-state index in [0.29, 0.717) is 5.69 Å². The van der Waals surface area contributed by atoms with Gasteiger partial charge in [0.15, 0.2) is 0 Å². The van der Waals surface area contributed by atoms with Gasteiger partial charge in [0.25, 0.3) is 0 Å². The maximum atomic E-state index is 8.98. The molecular weight excluding hydrogens is 248 g/mol. The lowest BCUT2D eigenvalue weighted by atomic mass is 9.72. The number of nitriles is 1. The number of anilines is 1. The highest BCUT2D eigenvalue weighted by Crippen LogP contribution is 2.49. The second-order valence-corrected chi connectivity index (χ2v) is 5.79. The maximum Gasteiger partial charge on any atom is 0.142 e. The summed E-state index contributed by atoms with van der Waals surface area (Å²) in [5.74, 6) is 0.866. The first-order chi connectivity index (χ1) is 9.62. The van der Waals surface area contributed by atoms with Crippen LogP contribution in [0.3, 0.4) is 0 Å². The van der Waals surface area contributed by atoms with Crippen LogP contribution in [0.25, 0.3) is 0 Å². The van der Waals surface area contributed by atoms with Crippen LogP contribution in [0.2, 0.25) is 0 Å². The van der Waals surface area contributed by atoms with Gasteiger partial charge in [0.1, 0.15) is 17.6 Å². The third-order valence-corrected chi connectivity index (χ3v) is 3.79. The molecule has 20 heavy (non-hydrogen) atoms. The van der Waals surface area contributed by atoms with Crippen molar-refractivity contribution in [3.63, 3.8) is 0 Å². The zero-order chi connectivity index (χ0) is 14.2. The van der Waals surface area contributed by atoms with E-state index >= 15 is 0 Å². The minimum atomic E-state index is 0.186. The Morgan fingerprint density at radius 2 is 2.00 bits per heavy atom. The lowest BCUT2D eigenvalue weighted by Crippen LogP contribution is -2.56. The number of rotatable bonds is 2. The van der Waals surface area contributed by atoms with E-state index < -0.39 is 0 Å². The van der Waals surface area contributed by atoms with Crippen LogP contribution in [0.15, 0.2) is 42.7 Å². The Kier molecular flexibility index (Phi) is 2.90. The molecule has 1 unspecified atom stereocenters. The van der Waals surface area contributed by atoms with E-state index in [-0.39, 0.29) is 11.5 Å². The molecular formula is C16H16N4. The van der Waals surface area contributed by atoms with Gasteiger partial charge in [-0.05, 0) is 29.8 Å². The Morgan fingerprint density at radius 3 is 2.65 bits per heavy atom. The molecule has 0 aliphatic carbocycles. The largest absolute Gasteiger partial charge is 0.348 e. The van der Waals surface area contributed by atoms with Crippen LogP contribution >= 0.6 is 0 Å². The van der Waals surface area contributed by atoms with E-state index in [2.05, 4.69) is 34.8 Å². The van der Waals surface area contributed by atoms with Gasteiger partial charge < -0.3 is 4.90 Å². The lowest BCUT2D eigenvalue weighted by molar-refractivity contribution is 0.178. The molecule has 1 saturated heterocycles. The fourth-order valence-electron chi connectivity index (χ4n) is 2.96. The van der Waals surface area contributed by atoms with Gasteiger partial charge in [-0.1, -0.05) is 19.9 Å². The standard InChI is InChI=1S/C16H16N4/c1-16(2)11-20(14-5-3-4-13(10-17)19-14)15(16)12-6-8-18-9-7-12/h3-9,15H,11H2,1-2H3. The third kappa shape index (κ3) is 2.01. The average molecular weight is 264 g/mol. The summed E-state index contributed by atoms with van der Waals surface area (Å²) in [6.45, 7) is 5.44. The summed E-state index contributed by atoms with van der Waals surface area (Å²) in [4.78, 5) is 10.7. The zero-order valence-corrected chi connectivity index (χ0v) is 11.6. The summed E-state index contributed by atoms with van der Waals surface area (Å²) in [5.41, 5.74) is 1.88. The molecule has 0 bridgehead atoms. The van der Waals surface area contributed by atoms with Crippen molar-refractivity contribution in [2.24, 2.45) is 5.41 Å². The molecule has 4 heteroatoms. The smallest absolute Gasteiger partial charge is 0.142 e. The molecule has 2 aromatic rings. The second-order valence-electron chi connectivity index (χ2n) is 5.79. The van der Waals surface area contributed by atoms with Crippen molar-refractivity contribution in [1.29, 1.82) is 5.26 Å². The van der Waals surface area contributed by atoms with Crippen LogP contribution in [-0.4, -0.2) is 16.5 Å². The van der Waals surface area contributed by atoms with Gasteiger partial charge in [-0.3, -0.25) is 4.98 Å². The van der Waals surface area contributed by atoms with Crippen LogP contribution in [0, 0.1) is 16.7 Å². The Labute approximate surface area is 118 Å². The van der Waals surface area contributed by atoms with Crippen LogP contribution in [-0.2, 0) is 0 Å². The molecule has 0 radical (unpaired) electrons. The molecule has 100 valence electrons. The average Bonchev–Trinajstić information content (AvgIpc) is 2.46. The number of aromatic nitrogens is 2. The first-order valence-corrected chi connectivity index (χ1v) is 6.65. The van der Waals surface area contributed by atoms with Crippen molar-refractivity contribution in [3.05, 3.63) is 54.0 Å². The molecule has 0 N–H and O–H groups in total. The van der Waals surface area contributed by atoms with Crippen molar-refractivity contribution < 1.29 is 0 Å². The zero-order valence-electron chi connectivity index (χ0n) is 11.6. The van der Waals surface area contributed by atoms with E-state index in [1.54, 1.807) is 6.07 Å². The minimum absolute atomic E-state index is 0.186. The predicted molar refractivity (Wildman–Crippen MR) is 77.1 cm³/mol. The molecule has 2 aromatic heterocycles. The number of hydrogen-bond donors (Lipinski definition) is 0.